The van der Waals surface area contributed by atoms with Crippen LogP contribution in [0.4, 0.5) is 0 Å². The fraction of sp³-hybridized carbons (Fsp3) is 0.375. The van der Waals surface area contributed by atoms with Crippen LogP contribution in [0.15, 0.2) is 53.7 Å². The van der Waals surface area contributed by atoms with Gasteiger partial charge >= 0.3 is 0 Å². The Balaban J connectivity index is 1.33. The highest BCUT2D eigenvalue weighted by molar-refractivity contribution is 7.99. The van der Waals surface area contributed by atoms with E-state index in [2.05, 4.69) is 20.1 Å². The normalized spacial score (nSPS) is 18.2. The van der Waals surface area contributed by atoms with Crippen molar-refractivity contribution < 1.29 is 9.53 Å². The number of benzene rings is 2. The van der Waals surface area contributed by atoms with Crippen LogP contribution in [-0.2, 0) is 4.79 Å². The number of nitrogens with one attached hydrogen (secondary N) is 1. The molecule has 1 unspecified atom stereocenters. The van der Waals surface area contributed by atoms with Crippen molar-refractivity contribution in [2.45, 2.75) is 49.3 Å². The Bertz CT molecular complexity index is 1110. The molecule has 2 heterocycles. The van der Waals surface area contributed by atoms with Crippen LogP contribution in [-0.4, -0.2) is 33.0 Å². The Morgan fingerprint density at radius 2 is 1.88 bits per heavy atom. The number of rotatable bonds is 6. The number of carbonyl (C=O) groups is 1. The van der Waals surface area contributed by atoms with Crippen LogP contribution in [0.2, 0.25) is 5.02 Å². The van der Waals surface area contributed by atoms with Crippen molar-refractivity contribution in [1.82, 2.24) is 20.1 Å². The van der Waals surface area contributed by atoms with Crippen LogP contribution in [0.3, 0.4) is 0 Å². The largest absolute Gasteiger partial charge is 0.493 e. The van der Waals surface area contributed by atoms with Gasteiger partial charge in [-0.25, -0.2) is 0 Å². The quantitative estimate of drug-likeness (QED) is 0.487. The van der Waals surface area contributed by atoms with E-state index in [1.807, 2.05) is 48.5 Å². The summed E-state index contributed by atoms with van der Waals surface area (Å²) < 4.78 is 7.89. The number of hydrogen-bond acceptors (Lipinski definition) is 5. The molecule has 5 rings (SSSR count). The molecule has 0 saturated heterocycles. The fourth-order valence-electron chi connectivity index (χ4n) is 4.55. The van der Waals surface area contributed by atoms with Crippen LogP contribution < -0.4 is 10.1 Å². The van der Waals surface area contributed by atoms with Gasteiger partial charge in [0.15, 0.2) is 11.0 Å². The summed E-state index contributed by atoms with van der Waals surface area (Å²) in [6.07, 6.45) is 5.33. The van der Waals surface area contributed by atoms with Crippen molar-refractivity contribution in [2.75, 3.05) is 12.4 Å². The zero-order valence-corrected chi connectivity index (χ0v) is 19.2. The Kier molecular flexibility index (Phi) is 6.37. The molecule has 166 valence electrons. The Labute approximate surface area is 196 Å². The smallest absolute Gasteiger partial charge is 0.230 e. The van der Waals surface area contributed by atoms with Crippen LogP contribution in [0.25, 0.3) is 11.4 Å². The number of carbonyl (C=O) groups excluding carboxylic acids is 1. The second kappa shape index (κ2) is 9.55. The van der Waals surface area contributed by atoms with E-state index in [9.17, 15) is 4.79 Å². The molecule has 1 saturated carbocycles. The van der Waals surface area contributed by atoms with E-state index in [-0.39, 0.29) is 17.7 Å². The Hall–Kier alpha value is -2.51. The predicted octanol–water partition coefficient (Wildman–Crippen LogP) is 5.45. The average Bonchev–Trinajstić information content (AvgIpc) is 3.48. The van der Waals surface area contributed by atoms with Crippen LogP contribution in [0, 0.1) is 0 Å². The Morgan fingerprint density at radius 3 is 2.72 bits per heavy atom. The number of nitrogens with zero attached hydrogens (tertiary/aromatic N) is 3. The van der Waals surface area contributed by atoms with E-state index in [1.54, 1.807) is 0 Å². The molecule has 2 aromatic carbocycles. The van der Waals surface area contributed by atoms with Crippen molar-refractivity contribution in [2.24, 2.45) is 0 Å². The first-order valence-electron chi connectivity index (χ1n) is 11.0. The lowest BCUT2D eigenvalue weighted by atomic mass is 10.0. The first kappa shape index (κ1) is 21.3. The van der Waals surface area contributed by atoms with E-state index < -0.39 is 0 Å². The molecule has 6 nitrogen and oxygen atoms in total. The number of fused-ring (bicyclic) bond motifs is 1. The molecule has 0 bridgehead atoms. The lowest BCUT2D eigenvalue weighted by Gasteiger charge is -2.26. The van der Waals surface area contributed by atoms with E-state index >= 15 is 0 Å². The van der Waals surface area contributed by atoms with Crippen molar-refractivity contribution in [1.29, 1.82) is 0 Å². The minimum Gasteiger partial charge on any atom is -0.493 e. The van der Waals surface area contributed by atoms with E-state index in [0.717, 1.165) is 47.1 Å². The maximum absolute atomic E-state index is 12.8. The number of amides is 1. The van der Waals surface area contributed by atoms with Crippen molar-refractivity contribution in [3.63, 3.8) is 0 Å². The lowest BCUT2D eigenvalue weighted by molar-refractivity contribution is -0.119. The third-order valence-electron chi connectivity index (χ3n) is 6.10. The average molecular weight is 469 g/mol. The summed E-state index contributed by atoms with van der Waals surface area (Å²) in [5, 5.41) is 13.5. The molecule has 1 aliphatic heterocycles. The van der Waals surface area contributed by atoms with Crippen LogP contribution in [0.5, 0.6) is 5.75 Å². The van der Waals surface area contributed by atoms with Gasteiger partial charge in [-0.15, -0.1) is 10.2 Å². The van der Waals surface area contributed by atoms with E-state index in [4.69, 9.17) is 16.3 Å². The van der Waals surface area contributed by atoms with Crippen LogP contribution in [0.1, 0.15) is 49.8 Å². The van der Waals surface area contributed by atoms with E-state index in [1.165, 1.54) is 24.6 Å². The molecular weight excluding hydrogens is 444 g/mol. The zero-order valence-electron chi connectivity index (χ0n) is 17.7. The molecule has 1 aromatic heterocycles. The van der Waals surface area contributed by atoms with Crippen LogP contribution >= 0.6 is 23.4 Å². The van der Waals surface area contributed by atoms with Gasteiger partial charge in [0.05, 0.1) is 23.4 Å². The third kappa shape index (κ3) is 4.36. The minimum absolute atomic E-state index is 0.0167. The standard InChI is InChI=1S/C24H25ClN4O2S/c25-19-11-5-3-9-17(19)23-27-28-24(29(23)16-7-1-2-8-16)32-15-22(30)26-20-13-14-31-21-12-6-4-10-18(20)21/h3-6,9-12,16,20H,1-2,7-8,13-15H2,(H,26,30). The van der Waals surface area contributed by atoms with E-state index in [0.29, 0.717) is 17.7 Å². The summed E-state index contributed by atoms with van der Waals surface area (Å²) in [5.41, 5.74) is 1.91. The topological polar surface area (TPSA) is 69.0 Å². The van der Waals surface area contributed by atoms with Crippen molar-refractivity contribution in [3.8, 4) is 17.1 Å². The van der Waals surface area contributed by atoms with Gasteiger partial charge in [0.1, 0.15) is 5.75 Å². The van der Waals surface area contributed by atoms with Gasteiger partial charge in [-0.3, -0.25) is 9.36 Å². The number of hydrogen-bond donors (Lipinski definition) is 1. The molecule has 3 aromatic rings. The third-order valence-corrected chi connectivity index (χ3v) is 7.37. The van der Waals surface area contributed by atoms with Crippen molar-refractivity contribution in [3.05, 3.63) is 59.1 Å². The van der Waals surface area contributed by atoms with Gasteiger partial charge < -0.3 is 10.1 Å². The second-order valence-electron chi connectivity index (χ2n) is 8.18. The predicted molar refractivity (Wildman–Crippen MR) is 126 cm³/mol. The molecule has 1 aliphatic carbocycles. The summed E-state index contributed by atoms with van der Waals surface area (Å²) in [5.74, 6) is 1.90. The van der Waals surface area contributed by atoms with Gasteiger partial charge in [-0.2, -0.15) is 0 Å². The fourth-order valence-corrected chi connectivity index (χ4v) is 5.59. The van der Waals surface area contributed by atoms with Gasteiger partial charge in [0.25, 0.3) is 0 Å². The number of thioether (sulfide) groups is 1. The maximum atomic E-state index is 12.8. The molecule has 1 N–H and O–H groups in total. The molecule has 8 heteroatoms. The summed E-state index contributed by atoms with van der Waals surface area (Å²) in [6.45, 7) is 0.603. The summed E-state index contributed by atoms with van der Waals surface area (Å²) >= 11 is 7.90. The Morgan fingerprint density at radius 1 is 1.09 bits per heavy atom. The van der Waals surface area contributed by atoms with Gasteiger partial charge in [-0.05, 0) is 31.0 Å². The lowest BCUT2D eigenvalue weighted by Crippen LogP contribution is -2.33. The SMILES string of the molecule is O=C(CSc1nnc(-c2ccccc2Cl)n1C1CCCC1)NC1CCOc2ccccc21. The van der Waals surface area contributed by atoms with Gasteiger partial charge in [0, 0.05) is 23.6 Å². The summed E-state index contributed by atoms with van der Waals surface area (Å²) in [7, 11) is 0. The molecule has 32 heavy (non-hydrogen) atoms. The number of aromatic nitrogens is 3. The minimum atomic E-state index is -0.0283. The summed E-state index contributed by atoms with van der Waals surface area (Å²) in [6, 6.07) is 15.9. The highest BCUT2D eigenvalue weighted by Crippen LogP contribution is 2.38. The number of para-hydroxylation sites is 1. The first-order chi connectivity index (χ1) is 15.7. The maximum Gasteiger partial charge on any atom is 0.230 e. The number of ether oxygens (including phenoxy) is 1. The monoisotopic (exact) mass is 468 g/mol. The van der Waals surface area contributed by atoms with Gasteiger partial charge in [0.2, 0.25) is 5.91 Å². The van der Waals surface area contributed by atoms with Crippen molar-refractivity contribution >= 4 is 29.3 Å². The molecule has 1 fully saturated rings. The highest BCUT2D eigenvalue weighted by Gasteiger charge is 2.27. The molecule has 1 amide bonds. The highest BCUT2D eigenvalue weighted by atomic mass is 35.5. The second-order valence-corrected chi connectivity index (χ2v) is 9.53. The molecule has 0 radical (unpaired) electrons. The number of halogens is 1. The molecular formula is C24H25ClN4O2S. The zero-order chi connectivity index (χ0) is 21.9. The summed E-state index contributed by atoms with van der Waals surface area (Å²) in [4.78, 5) is 12.8. The first-order valence-corrected chi connectivity index (χ1v) is 12.4. The molecule has 2 aliphatic rings. The van der Waals surface area contributed by atoms with Gasteiger partial charge in [-0.1, -0.05) is 66.5 Å². The molecule has 0 spiro atoms. The molecule has 1 atom stereocenters.